The van der Waals surface area contributed by atoms with Gasteiger partial charge in [0, 0.05) is 16.3 Å². The van der Waals surface area contributed by atoms with Gasteiger partial charge in [-0.1, -0.05) is 22.0 Å². The molecule has 18 heavy (non-hydrogen) atoms. The summed E-state index contributed by atoms with van der Waals surface area (Å²) in [6, 6.07) is 3.99. The quantitative estimate of drug-likeness (QED) is 0.426. The summed E-state index contributed by atoms with van der Waals surface area (Å²) in [5.74, 6) is -0.201. The molecule has 1 unspecified atom stereocenters. The fourth-order valence-electron chi connectivity index (χ4n) is 1.31. The SMILES string of the molecule is CC(Br)C(=O)c1cc(SC(F)(F)F)ccc1CCl. The highest BCUT2D eigenvalue weighted by Crippen LogP contribution is 2.37. The maximum Gasteiger partial charge on any atom is 0.446 e. The van der Waals surface area contributed by atoms with Crippen LogP contribution in [0, 0.1) is 0 Å². The van der Waals surface area contributed by atoms with Gasteiger partial charge in [0.25, 0.3) is 0 Å². The first-order chi connectivity index (χ1) is 8.24. The second-order valence-electron chi connectivity index (χ2n) is 3.48. The Kier molecular flexibility index (Phi) is 5.55. The zero-order valence-corrected chi connectivity index (χ0v) is 12.4. The summed E-state index contributed by atoms with van der Waals surface area (Å²) < 4.78 is 36.8. The summed E-state index contributed by atoms with van der Waals surface area (Å²) in [4.78, 5) is 11.4. The number of thioether (sulfide) groups is 1. The molecule has 1 atom stereocenters. The molecule has 0 heterocycles. The molecule has 0 aliphatic rings. The third-order valence-electron chi connectivity index (χ3n) is 2.09. The van der Waals surface area contributed by atoms with E-state index >= 15 is 0 Å². The van der Waals surface area contributed by atoms with Crippen LogP contribution in [0.4, 0.5) is 13.2 Å². The third-order valence-corrected chi connectivity index (χ3v) is 3.51. The second kappa shape index (κ2) is 6.30. The van der Waals surface area contributed by atoms with Crippen LogP contribution in [-0.2, 0) is 5.88 Å². The van der Waals surface area contributed by atoms with Gasteiger partial charge in [0.05, 0.1) is 4.83 Å². The topological polar surface area (TPSA) is 17.1 Å². The molecule has 0 fully saturated rings. The van der Waals surface area contributed by atoms with E-state index in [9.17, 15) is 18.0 Å². The summed E-state index contributed by atoms with van der Waals surface area (Å²) in [7, 11) is 0. The van der Waals surface area contributed by atoms with Gasteiger partial charge < -0.3 is 0 Å². The van der Waals surface area contributed by atoms with Crippen molar-refractivity contribution in [2.75, 3.05) is 0 Å². The van der Waals surface area contributed by atoms with Crippen molar-refractivity contribution >= 4 is 45.1 Å². The maximum absolute atomic E-state index is 12.3. The first kappa shape index (κ1) is 15.9. The molecule has 7 heteroatoms. The summed E-state index contributed by atoms with van der Waals surface area (Å²) >= 11 is 8.53. The van der Waals surface area contributed by atoms with Crippen LogP contribution in [0.5, 0.6) is 0 Å². The Balaban J connectivity index is 3.14. The Labute approximate surface area is 120 Å². The van der Waals surface area contributed by atoms with Crippen LogP contribution in [-0.4, -0.2) is 16.1 Å². The van der Waals surface area contributed by atoms with Crippen LogP contribution >= 0.6 is 39.3 Å². The van der Waals surface area contributed by atoms with Crippen LogP contribution in [0.1, 0.15) is 22.8 Å². The number of rotatable bonds is 4. The smallest absolute Gasteiger partial charge is 0.293 e. The molecular formula is C11H9BrClF3OS. The molecule has 1 rings (SSSR count). The number of benzene rings is 1. The summed E-state index contributed by atoms with van der Waals surface area (Å²) in [5, 5.41) is 0. The minimum atomic E-state index is -4.37. The van der Waals surface area contributed by atoms with Crippen molar-refractivity contribution in [3.05, 3.63) is 29.3 Å². The van der Waals surface area contributed by atoms with Crippen LogP contribution in [0.3, 0.4) is 0 Å². The minimum Gasteiger partial charge on any atom is -0.293 e. The number of Topliss-reactive ketones (excluding diaryl/α,β-unsaturated/α-hetero) is 1. The van der Waals surface area contributed by atoms with Crippen molar-refractivity contribution in [1.82, 2.24) is 0 Å². The Morgan fingerprint density at radius 2 is 2.11 bits per heavy atom. The molecular weight excluding hydrogens is 353 g/mol. The minimum absolute atomic E-state index is 0.0205. The van der Waals surface area contributed by atoms with E-state index in [-0.39, 0.29) is 33.9 Å². The molecule has 1 aromatic rings. The number of hydrogen-bond acceptors (Lipinski definition) is 2. The van der Waals surface area contributed by atoms with Crippen molar-refractivity contribution in [2.45, 2.75) is 28.0 Å². The van der Waals surface area contributed by atoms with E-state index in [1.165, 1.54) is 18.2 Å². The van der Waals surface area contributed by atoms with Crippen molar-refractivity contribution in [3.8, 4) is 0 Å². The van der Waals surface area contributed by atoms with Crippen molar-refractivity contribution in [3.63, 3.8) is 0 Å². The average molecular weight is 362 g/mol. The number of alkyl halides is 5. The highest BCUT2D eigenvalue weighted by molar-refractivity contribution is 9.10. The van der Waals surface area contributed by atoms with Gasteiger partial charge in [0.15, 0.2) is 5.78 Å². The van der Waals surface area contributed by atoms with E-state index in [1.807, 2.05) is 0 Å². The van der Waals surface area contributed by atoms with Gasteiger partial charge in [0.2, 0.25) is 0 Å². The fourth-order valence-corrected chi connectivity index (χ4v) is 2.37. The lowest BCUT2D eigenvalue weighted by atomic mass is 10.0. The molecule has 0 bridgehead atoms. The molecule has 0 aliphatic carbocycles. The summed E-state index contributed by atoms with van der Waals surface area (Å²) in [6.07, 6.45) is 0. The first-order valence-electron chi connectivity index (χ1n) is 4.87. The van der Waals surface area contributed by atoms with E-state index < -0.39 is 10.3 Å². The van der Waals surface area contributed by atoms with Crippen molar-refractivity contribution in [1.29, 1.82) is 0 Å². The average Bonchev–Trinajstić information content (AvgIpc) is 2.25. The second-order valence-corrected chi connectivity index (χ2v) is 6.26. The number of hydrogen-bond donors (Lipinski definition) is 0. The molecule has 0 aliphatic heterocycles. The lowest BCUT2D eigenvalue weighted by Gasteiger charge is -2.11. The van der Waals surface area contributed by atoms with Crippen LogP contribution in [0.2, 0.25) is 0 Å². The van der Waals surface area contributed by atoms with Crippen LogP contribution in [0.25, 0.3) is 0 Å². The van der Waals surface area contributed by atoms with Crippen LogP contribution in [0.15, 0.2) is 23.1 Å². The van der Waals surface area contributed by atoms with Gasteiger partial charge in [-0.3, -0.25) is 4.79 Å². The van der Waals surface area contributed by atoms with Crippen molar-refractivity contribution < 1.29 is 18.0 Å². The highest BCUT2D eigenvalue weighted by Gasteiger charge is 2.30. The maximum atomic E-state index is 12.3. The standard InChI is InChI=1S/C11H9BrClF3OS/c1-6(12)10(17)9-4-8(18-11(14,15)16)3-2-7(9)5-13/h2-4,6H,5H2,1H3. The molecule has 100 valence electrons. The largest absolute Gasteiger partial charge is 0.446 e. The van der Waals surface area contributed by atoms with Crippen molar-refractivity contribution in [2.24, 2.45) is 0 Å². The Bertz CT molecular complexity index is 448. The lowest BCUT2D eigenvalue weighted by molar-refractivity contribution is -0.0328. The van der Waals surface area contributed by atoms with E-state index in [4.69, 9.17) is 11.6 Å². The van der Waals surface area contributed by atoms with Gasteiger partial charge in [-0.2, -0.15) is 13.2 Å². The predicted molar refractivity (Wildman–Crippen MR) is 70.6 cm³/mol. The molecule has 1 nitrogen and oxygen atoms in total. The van der Waals surface area contributed by atoms with E-state index in [1.54, 1.807) is 6.92 Å². The molecule has 0 aromatic heterocycles. The van der Waals surface area contributed by atoms with E-state index in [0.29, 0.717) is 5.56 Å². The molecule has 1 aromatic carbocycles. The summed E-state index contributed by atoms with van der Waals surface area (Å²) in [6.45, 7) is 1.61. The van der Waals surface area contributed by atoms with E-state index in [2.05, 4.69) is 15.9 Å². The van der Waals surface area contributed by atoms with E-state index in [0.717, 1.165) is 0 Å². The molecule has 0 saturated carbocycles. The monoisotopic (exact) mass is 360 g/mol. The predicted octanol–water partition coefficient (Wildman–Crippen LogP) is 5.00. The highest BCUT2D eigenvalue weighted by atomic mass is 79.9. The summed E-state index contributed by atoms with van der Waals surface area (Å²) in [5.41, 5.74) is -3.62. The van der Waals surface area contributed by atoms with Gasteiger partial charge in [-0.05, 0) is 36.4 Å². The van der Waals surface area contributed by atoms with Gasteiger partial charge >= 0.3 is 5.51 Å². The van der Waals surface area contributed by atoms with Gasteiger partial charge in [-0.15, -0.1) is 11.6 Å². The van der Waals surface area contributed by atoms with Gasteiger partial charge in [-0.25, -0.2) is 0 Å². The number of halogens is 5. The molecule has 0 saturated heterocycles. The zero-order chi connectivity index (χ0) is 13.9. The zero-order valence-electron chi connectivity index (χ0n) is 9.22. The Morgan fingerprint density at radius 3 is 2.56 bits per heavy atom. The molecule has 0 amide bonds. The number of carbonyl (C=O) groups excluding carboxylic acids is 1. The van der Waals surface area contributed by atoms with Crippen LogP contribution < -0.4 is 0 Å². The Hall–Kier alpha value is -0.200. The Morgan fingerprint density at radius 1 is 1.50 bits per heavy atom. The van der Waals surface area contributed by atoms with Gasteiger partial charge in [0.1, 0.15) is 0 Å². The normalized spacial score (nSPS) is 13.4. The number of ketones is 1. The first-order valence-corrected chi connectivity index (χ1v) is 7.14. The fraction of sp³-hybridized carbons (Fsp3) is 0.364. The molecule has 0 spiro atoms. The third kappa shape index (κ3) is 4.48. The molecule has 0 radical (unpaired) electrons. The molecule has 0 N–H and O–H groups in total. The lowest BCUT2D eigenvalue weighted by Crippen LogP contribution is -2.12. The number of carbonyl (C=O) groups is 1.